The maximum Gasteiger partial charge on any atom is 0.232 e. The molecule has 1 N–H and O–H groups in total. The van der Waals surface area contributed by atoms with Gasteiger partial charge in [-0.2, -0.15) is 0 Å². The van der Waals surface area contributed by atoms with Gasteiger partial charge in [0.05, 0.1) is 6.10 Å². The number of amides is 1. The lowest BCUT2D eigenvalue weighted by Crippen LogP contribution is -2.46. The zero-order valence-corrected chi connectivity index (χ0v) is 12.1. The number of hydrogen-bond donors (Lipinski definition) is 1. The highest BCUT2D eigenvalue weighted by atomic mass is 16.3. The molecule has 1 unspecified atom stereocenters. The second-order valence-corrected chi connectivity index (χ2v) is 6.44. The van der Waals surface area contributed by atoms with Gasteiger partial charge in [0.15, 0.2) is 0 Å². The standard InChI is InChI=1S/C17H23NO2/c1-17(10-5-2-6-11-17)16(20)18-12-9-15(19)13-7-3-4-8-14(13)18/h3-4,7-8,15,19H,2,5-6,9-12H2,1H3. The van der Waals surface area contributed by atoms with E-state index >= 15 is 0 Å². The lowest BCUT2D eigenvalue weighted by molar-refractivity contribution is -0.129. The highest BCUT2D eigenvalue weighted by molar-refractivity contribution is 5.98. The summed E-state index contributed by atoms with van der Waals surface area (Å²) in [6.45, 7) is 2.74. The number of carbonyl (C=O) groups excluding carboxylic acids is 1. The van der Waals surface area contributed by atoms with E-state index in [9.17, 15) is 9.90 Å². The van der Waals surface area contributed by atoms with E-state index in [2.05, 4.69) is 6.92 Å². The number of aliphatic hydroxyl groups is 1. The van der Waals surface area contributed by atoms with Crippen molar-refractivity contribution >= 4 is 11.6 Å². The van der Waals surface area contributed by atoms with Gasteiger partial charge in [-0.1, -0.05) is 44.4 Å². The minimum atomic E-state index is -0.436. The Morgan fingerprint density at radius 1 is 1.25 bits per heavy atom. The lowest BCUT2D eigenvalue weighted by atomic mass is 9.74. The summed E-state index contributed by atoms with van der Waals surface area (Å²) in [4.78, 5) is 14.9. The molecule has 20 heavy (non-hydrogen) atoms. The van der Waals surface area contributed by atoms with Gasteiger partial charge in [0, 0.05) is 23.2 Å². The minimum Gasteiger partial charge on any atom is -0.388 e. The van der Waals surface area contributed by atoms with Crippen LogP contribution in [0.3, 0.4) is 0 Å². The molecule has 1 aromatic carbocycles. The van der Waals surface area contributed by atoms with Crippen LogP contribution in [-0.4, -0.2) is 17.6 Å². The van der Waals surface area contributed by atoms with Crippen molar-refractivity contribution in [3.05, 3.63) is 29.8 Å². The number of para-hydroxylation sites is 1. The summed E-state index contributed by atoms with van der Waals surface area (Å²) in [7, 11) is 0. The Bertz CT molecular complexity index is 505. The zero-order valence-electron chi connectivity index (χ0n) is 12.1. The molecule has 1 fully saturated rings. The third-order valence-electron chi connectivity index (χ3n) is 4.93. The molecule has 0 spiro atoms. The fourth-order valence-corrected chi connectivity index (χ4v) is 3.63. The summed E-state index contributed by atoms with van der Waals surface area (Å²) in [5, 5.41) is 10.1. The van der Waals surface area contributed by atoms with Crippen LogP contribution in [0.1, 0.15) is 57.1 Å². The van der Waals surface area contributed by atoms with Gasteiger partial charge in [-0.05, 0) is 25.3 Å². The molecule has 0 radical (unpaired) electrons. The van der Waals surface area contributed by atoms with Crippen molar-refractivity contribution in [2.45, 2.75) is 51.6 Å². The molecular formula is C17H23NO2. The molecule has 1 aliphatic carbocycles. The first-order valence-corrected chi connectivity index (χ1v) is 7.71. The van der Waals surface area contributed by atoms with E-state index < -0.39 is 6.10 Å². The molecule has 108 valence electrons. The van der Waals surface area contributed by atoms with Gasteiger partial charge in [-0.3, -0.25) is 4.79 Å². The van der Waals surface area contributed by atoms with Crippen molar-refractivity contribution in [1.29, 1.82) is 0 Å². The van der Waals surface area contributed by atoms with Gasteiger partial charge in [0.1, 0.15) is 0 Å². The van der Waals surface area contributed by atoms with E-state index in [1.165, 1.54) is 6.42 Å². The molecule has 1 heterocycles. The number of rotatable bonds is 1. The summed E-state index contributed by atoms with van der Waals surface area (Å²) in [6, 6.07) is 7.77. The molecule has 1 aromatic rings. The summed E-state index contributed by atoms with van der Waals surface area (Å²) < 4.78 is 0. The highest BCUT2D eigenvalue weighted by Crippen LogP contribution is 2.41. The van der Waals surface area contributed by atoms with E-state index in [1.54, 1.807) is 0 Å². The topological polar surface area (TPSA) is 40.5 Å². The summed E-state index contributed by atoms with van der Waals surface area (Å²) in [6.07, 6.45) is 5.74. The summed E-state index contributed by atoms with van der Waals surface area (Å²) in [5.41, 5.74) is 1.59. The van der Waals surface area contributed by atoms with Gasteiger partial charge in [0.2, 0.25) is 5.91 Å². The van der Waals surface area contributed by atoms with Crippen LogP contribution in [0.15, 0.2) is 24.3 Å². The van der Waals surface area contributed by atoms with Crippen LogP contribution in [0.2, 0.25) is 0 Å². The predicted octanol–water partition coefficient (Wildman–Crippen LogP) is 3.43. The first-order valence-electron chi connectivity index (χ1n) is 7.71. The number of nitrogens with zero attached hydrogens (tertiary/aromatic N) is 1. The Balaban J connectivity index is 1.91. The number of anilines is 1. The number of benzene rings is 1. The van der Waals surface area contributed by atoms with Crippen LogP contribution in [0.5, 0.6) is 0 Å². The number of fused-ring (bicyclic) bond motifs is 1. The van der Waals surface area contributed by atoms with Crippen LogP contribution < -0.4 is 4.90 Å². The molecular weight excluding hydrogens is 250 g/mol. The van der Waals surface area contributed by atoms with Crippen molar-refractivity contribution in [1.82, 2.24) is 0 Å². The molecule has 2 aliphatic rings. The molecule has 1 atom stereocenters. The number of aliphatic hydroxyl groups excluding tert-OH is 1. The zero-order chi connectivity index (χ0) is 14.2. The molecule has 1 aliphatic heterocycles. The first-order chi connectivity index (χ1) is 9.62. The third-order valence-corrected chi connectivity index (χ3v) is 4.93. The third kappa shape index (κ3) is 2.24. The number of hydrogen-bond acceptors (Lipinski definition) is 2. The van der Waals surface area contributed by atoms with E-state index in [0.717, 1.165) is 36.9 Å². The van der Waals surface area contributed by atoms with Crippen LogP contribution >= 0.6 is 0 Å². The Morgan fingerprint density at radius 3 is 2.70 bits per heavy atom. The average molecular weight is 273 g/mol. The smallest absolute Gasteiger partial charge is 0.232 e. The average Bonchev–Trinajstić information content (AvgIpc) is 2.48. The highest BCUT2D eigenvalue weighted by Gasteiger charge is 2.40. The second kappa shape index (κ2) is 5.21. The maximum atomic E-state index is 13.0. The van der Waals surface area contributed by atoms with Crippen LogP contribution in [0.4, 0.5) is 5.69 Å². The van der Waals surface area contributed by atoms with Crippen molar-refractivity contribution in [2.75, 3.05) is 11.4 Å². The van der Waals surface area contributed by atoms with E-state index in [1.807, 2.05) is 29.2 Å². The van der Waals surface area contributed by atoms with Crippen molar-refractivity contribution in [3.63, 3.8) is 0 Å². The minimum absolute atomic E-state index is 0.215. The molecule has 0 bridgehead atoms. The fourth-order valence-electron chi connectivity index (χ4n) is 3.63. The molecule has 1 amide bonds. The van der Waals surface area contributed by atoms with Crippen molar-refractivity contribution in [3.8, 4) is 0 Å². The van der Waals surface area contributed by atoms with E-state index in [-0.39, 0.29) is 11.3 Å². The van der Waals surface area contributed by atoms with Gasteiger partial charge in [-0.15, -0.1) is 0 Å². The van der Waals surface area contributed by atoms with Gasteiger partial charge < -0.3 is 10.0 Å². The molecule has 3 rings (SSSR count). The fraction of sp³-hybridized carbons (Fsp3) is 0.588. The Labute approximate surface area is 120 Å². The van der Waals surface area contributed by atoms with Gasteiger partial charge in [-0.25, -0.2) is 0 Å². The molecule has 3 heteroatoms. The van der Waals surface area contributed by atoms with E-state index in [4.69, 9.17) is 0 Å². The van der Waals surface area contributed by atoms with Gasteiger partial charge in [0.25, 0.3) is 0 Å². The molecule has 0 saturated heterocycles. The molecule has 3 nitrogen and oxygen atoms in total. The molecule has 0 aromatic heterocycles. The predicted molar refractivity (Wildman–Crippen MR) is 79.6 cm³/mol. The second-order valence-electron chi connectivity index (χ2n) is 6.44. The largest absolute Gasteiger partial charge is 0.388 e. The van der Waals surface area contributed by atoms with Crippen LogP contribution in [-0.2, 0) is 4.79 Å². The SMILES string of the molecule is CC1(C(=O)N2CCC(O)c3ccccc32)CCCCC1. The van der Waals surface area contributed by atoms with E-state index in [0.29, 0.717) is 13.0 Å². The van der Waals surface area contributed by atoms with Gasteiger partial charge >= 0.3 is 0 Å². The maximum absolute atomic E-state index is 13.0. The van der Waals surface area contributed by atoms with Crippen molar-refractivity contribution < 1.29 is 9.90 Å². The Hall–Kier alpha value is -1.35. The first kappa shape index (κ1) is 13.6. The lowest BCUT2D eigenvalue weighted by Gasteiger charge is -2.40. The Kier molecular flexibility index (Phi) is 3.55. The summed E-state index contributed by atoms with van der Waals surface area (Å²) in [5.74, 6) is 0.247. The van der Waals surface area contributed by atoms with Crippen LogP contribution in [0, 0.1) is 5.41 Å². The quantitative estimate of drug-likeness (QED) is 0.851. The van der Waals surface area contributed by atoms with Crippen LogP contribution in [0.25, 0.3) is 0 Å². The normalized spacial score (nSPS) is 25.1. The monoisotopic (exact) mass is 273 g/mol. The number of carbonyl (C=O) groups is 1. The Morgan fingerprint density at radius 2 is 1.95 bits per heavy atom. The summed E-state index contributed by atoms with van der Waals surface area (Å²) >= 11 is 0. The molecule has 1 saturated carbocycles. The van der Waals surface area contributed by atoms with Crippen molar-refractivity contribution in [2.24, 2.45) is 5.41 Å².